The maximum absolute atomic E-state index is 9.00. The van der Waals surface area contributed by atoms with Gasteiger partial charge in [0.1, 0.15) is 5.71 Å². The van der Waals surface area contributed by atoms with Crippen LogP contribution in [0.3, 0.4) is 0 Å². The molecule has 0 aliphatic rings. The topological polar surface area (TPSA) is 115 Å². The average molecular weight is 230 g/mol. The first kappa shape index (κ1) is 14.1. The minimum absolute atomic E-state index is 0.252. The van der Waals surface area contributed by atoms with Crippen LogP contribution in [0.2, 0.25) is 0 Å². The number of carbonyl (C=O) groups is 1. The molecule has 0 amide bonds. The van der Waals surface area contributed by atoms with Crippen molar-refractivity contribution in [2.75, 3.05) is 0 Å². The van der Waals surface area contributed by atoms with E-state index >= 15 is 0 Å². The van der Waals surface area contributed by atoms with E-state index in [2.05, 4.69) is 5.16 Å². The van der Waals surface area contributed by atoms with E-state index in [1.54, 1.807) is 19.1 Å². The third-order valence-electron chi connectivity index (χ3n) is 1.49. The Kier molecular flexibility index (Phi) is 6.57. The Labute approximate surface area is 92.0 Å². The number of furan rings is 1. The quantitative estimate of drug-likeness (QED) is 0.348. The molecule has 1 aromatic heterocycles. The van der Waals surface area contributed by atoms with Crippen LogP contribution >= 0.6 is 0 Å². The number of carboxylic acid groups (broad SMARTS) is 1. The second-order valence-corrected chi connectivity index (χ2v) is 2.83. The molecule has 0 aliphatic heterocycles. The third kappa shape index (κ3) is 5.13. The van der Waals surface area contributed by atoms with Gasteiger partial charge in [0.15, 0.2) is 5.76 Å². The summed E-state index contributed by atoms with van der Waals surface area (Å²) in [4.78, 5) is 9.00. The zero-order chi connectivity index (χ0) is 12.6. The summed E-state index contributed by atoms with van der Waals surface area (Å²) in [5, 5.41) is 27.5. The molecule has 90 valence electrons. The molecule has 7 heteroatoms. The van der Waals surface area contributed by atoms with Crippen LogP contribution in [0, 0.1) is 0 Å². The lowest BCUT2D eigenvalue weighted by atomic mass is 10.2. The van der Waals surface area contributed by atoms with Gasteiger partial charge >= 0.3 is 0 Å². The van der Waals surface area contributed by atoms with Gasteiger partial charge in [0.2, 0.25) is 0 Å². The molecule has 1 rings (SSSR count). The molecule has 0 radical (unpaired) electrons. The summed E-state index contributed by atoms with van der Waals surface area (Å²) in [6, 6.07) is 2.84. The Hall–Kier alpha value is -1.86. The van der Waals surface area contributed by atoms with E-state index in [0.717, 1.165) is 6.92 Å². The second kappa shape index (κ2) is 7.43. The Morgan fingerprint density at radius 3 is 2.50 bits per heavy atom. The van der Waals surface area contributed by atoms with Crippen molar-refractivity contribution in [3.8, 4) is 0 Å². The van der Waals surface area contributed by atoms with Crippen molar-refractivity contribution in [1.29, 1.82) is 0 Å². The van der Waals surface area contributed by atoms with Crippen molar-refractivity contribution >= 4 is 11.7 Å². The van der Waals surface area contributed by atoms with E-state index in [1.165, 1.54) is 6.26 Å². The fourth-order valence-corrected chi connectivity index (χ4v) is 0.835. The first-order chi connectivity index (χ1) is 7.52. The van der Waals surface area contributed by atoms with Crippen LogP contribution in [0.4, 0.5) is 0 Å². The van der Waals surface area contributed by atoms with E-state index in [1.807, 2.05) is 5.48 Å². The zero-order valence-electron chi connectivity index (χ0n) is 8.91. The molecule has 1 aromatic rings. The highest BCUT2D eigenvalue weighted by Gasteiger charge is 2.14. The molecule has 0 saturated carbocycles. The van der Waals surface area contributed by atoms with E-state index in [4.69, 9.17) is 24.7 Å². The summed E-state index contributed by atoms with van der Waals surface area (Å²) in [5.74, 6) is -0.411. The van der Waals surface area contributed by atoms with Crippen molar-refractivity contribution in [1.82, 2.24) is 5.48 Å². The predicted octanol–water partition coefficient (Wildman–Crippen LogP) is 0.916. The normalized spacial score (nSPS) is 12.6. The lowest BCUT2D eigenvalue weighted by Crippen LogP contribution is -2.31. The average Bonchev–Trinajstić information content (AvgIpc) is 2.71. The van der Waals surface area contributed by atoms with Crippen LogP contribution < -0.4 is 5.48 Å². The SMILES string of the molecule is CC(=O)O.CC(NO)/C(=N\O)c1ccco1. The lowest BCUT2D eigenvalue weighted by molar-refractivity contribution is -0.134. The molecule has 4 N–H and O–H groups in total. The van der Waals surface area contributed by atoms with Crippen molar-refractivity contribution in [2.24, 2.45) is 5.16 Å². The molecule has 0 saturated heterocycles. The number of hydrogen-bond acceptors (Lipinski definition) is 6. The summed E-state index contributed by atoms with van der Waals surface area (Å²) in [6.07, 6.45) is 1.46. The molecule has 7 nitrogen and oxygen atoms in total. The van der Waals surface area contributed by atoms with Gasteiger partial charge in [-0.2, -0.15) is 5.48 Å². The monoisotopic (exact) mass is 230 g/mol. The highest BCUT2D eigenvalue weighted by Crippen LogP contribution is 2.05. The number of oxime groups is 1. The minimum Gasteiger partial charge on any atom is -0.481 e. The highest BCUT2D eigenvalue weighted by molar-refractivity contribution is 6.01. The molecule has 0 aliphatic carbocycles. The first-order valence-corrected chi connectivity index (χ1v) is 4.37. The molecule has 1 atom stereocenters. The molecule has 0 fully saturated rings. The van der Waals surface area contributed by atoms with Gasteiger partial charge < -0.3 is 19.9 Å². The van der Waals surface area contributed by atoms with Crippen LogP contribution in [0.25, 0.3) is 0 Å². The highest BCUT2D eigenvalue weighted by atomic mass is 16.5. The number of carboxylic acids is 1. The maximum atomic E-state index is 9.00. The van der Waals surface area contributed by atoms with Gasteiger partial charge in [-0.1, -0.05) is 5.16 Å². The van der Waals surface area contributed by atoms with Crippen LogP contribution in [0.5, 0.6) is 0 Å². The van der Waals surface area contributed by atoms with Gasteiger partial charge in [-0.3, -0.25) is 4.79 Å². The number of aliphatic carboxylic acids is 1. The van der Waals surface area contributed by atoms with Gasteiger partial charge in [-0.15, -0.1) is 0 Å². The maximum Gasteiger partial charge on any atom is 0.300 e. The first-order valence-electron chi connectivity index (χ1n) is 4.37. The lowest BCUT2D eigenvalue weighted by Gasteiger charge is -2.07. The molecule has 16 heavy (non-hydrogen) atoms. The Morgan fingerprint density at radius 2 is 2.19 bits per heavy atom. The van der Waals surface area contributed by atoms with Gasteiger partial charge in [-0.25, -0.2) is 0 Å². The molecule has 0 spiro atoms. The third-order valence-corrected chi connectivity index (χ3v) is 1.49. The van der Waals surface area contributed by atoms with Crippen molar-refractivity contribution < 1.29 is 24.7 Å². The van der Waals surface area contributed by atoms with Crippen molar-refractivity contribution in [3.63, 3.8) is 0 Å². The van der Waals surface area contributed by atoms with Crippen molar-refractivity contribution in [2.45, 2.75) is 19.9 Å². The number of nitrogens with one attached hydrogen (secondary N) is 1. The Bertz CT molecular complexity index is 330. The van der Waals surface area contributed by atoms with E-state index in [-0.39, 0.29) is 5.71 Å². The molecular formula is C9H14N2O5. The summed E-state index contributed by atoms with van der Waals surface area (Å²) in [5.41, 5.74) is 2.21. The largest absolute Gasteiger partial charge is 0.481 e. The second-order valence-electron chi connectivity index (χ2n) is 2.83. The number of rotatable bonds is 3. The molecule has 1 unspecified atom stereocenters. The number of nitrogens with zero attached hydrogens (tertiary/aromatic N) is 1. The summed E-state index contributed by atoms with van der Waals surface area (Å²) in [7, 11) is 0. The number of hydrogen-bond donors (Lipinski definition) is 4. The molecule has 0 aromatic carbocycles. The van der Waals surface area contributed by atoms with Gasteiger partial charge in [-0.05, 0) is 19.1 Å². The Morgan fingerprint density at radius 1 is 1.62 bits per heavy atom. The van der Waals surface area contributed by atoms with Gasteiger partial charge in [0.05, 0.1) is 12.3 Å². The van der Waals surface area contributed by atoms with Crippen LogP contribution in [0.1, 0.15) is 19.6 Å². The van der Waals surface area contributed by atoms with E-state index in [0.29, 0.717) is 5.76 Å². The Balaban J connectivity index is 0.000000487. The van der Waals surface area contributed by atoms with Crippen LogP contribution in [-0.2, 0) is 4.79 Å². The summed E-state index contributed by atoms with van der Waals surface area (Å²) < 4.78 is 4.97. The van der Waals surface area contributed by atoms with Crippen LogP contribution in [0.15, 0.2) is 28.0 Å². The van der Waals surface area contributed by atoms with Crippen molar-refractivity contribution in [3.05, 3.63) is 24.2 Å². The number of hydroxylamine groups is 1. The fourth-order valence-electron chi connectivity index (χ4n) is 0.835. The standard InChI is InChI=1S/C7H10N2O3.C2H4O2/c1-5(8-10)7(9-11)6-3-2-4-12-6;1-2(3)4/h2-5,8,10-11H,1H3;1H3,(H,3,4)/b9-7+;. The van der Waals surface area contributed by atoms with Gasteiger partial charge in [0, 0.05) is 6.92 Å². The van der Waals surface area contributed by atoms with E-state index < -0.39 is 12.0 Å². The molecule has 0 bridgehead atoms. The predicted molar refractivity (Wildman–Crippen MR) is 54.7 cm³/mol. The van der Waals surface area contributed by atoms with Crippen LogP contribution in [-0.4, -0.2) is 33.2 Å². The summed E-state index contributed by atoms with van der Waals surface area (Å²) >= 11 is 0. The fraction of sp³-hybridized carbons (Fsp3) is 0.333. The molecule has 1 heterocycles. The molecular weight excluding hydrogens is 216 g/mol. The smallest absolute Gasteiger partial charge is 0.300 e. The van der Waals surface area contributed by atoms with Gasteiger partial charge in [0.25, 0.3) is 5.97 Å². The summed E-state index contributed by atoms with van der Waals surface area (Å²) in [6.45, 7) is 2.72. The minimum atomic E-state index is -0.833. The van der Waals surface area contributed by atoms with E-state index in [9.17, 15) is 0 Å². The zero-order valence-corrected chi connectivity index (χ0v) is 8.91.